The highest BCUT2D eigenvalue weighted by atomic mass is 79.9. The van der Waals surface area contributed by atoms with E-state index in [9.17, 15) is 14.7 Å². The summed E-state index contributed by atoms with van der Waals surface area (Å²) in [6, 6.07) is 9.80. The van der Waals surface area contributed by atoms with E-state index in [-0.39, 0.29) is 11.3 Å². The van der Waals surface area contributed by atoms with Gasteiger partial charge >= 0.3 is 5.97 Å². The molecule has 0 aliphatic rings. The number of anilines is 1. The number of methoxy groups -OCH3 is 2. The minimum Gasteiger partial charge on any atom is -0.497 e. The number of carboxylic acids is 1. The van der Waals surface area contributed by atoms with Crippen LogP contribution in [0.4, 0.5) is 5.69 Å². The number of carbonyl (C=O) groups is 2. The Kier molecular flexibility index (Phi) is 6.19. The zero-order chi connectivity index (χ0) is 18.4. The second-order valence-corrected chi connectivity index (χ2v) is 5.84. The second kappa shape index (κ2) is 8.34. The van der Waals surface area contributed by atoms with Crippen molar-refractivity contribution in [2.24, 2.45) is 0 Å². The van der Waals surface area contributed by atoms with Crippen molar-refractivity contribution in [1.29, 1.82) is 0 Å². The van der Waals surface area contributed by atoms with Crippen molar-refractivity contribution in [1.82, 2.24) is 0 Å². The van der Waals surface area contributed by atoms with E-state index in [1.807, 2.05) is 0 Å². The van der Waals surface area contributed by atoms with Gasteiger partial charge in [0.2, 0.25) is 5.91 Å². The summed E-state index contributed by atoms with van der Waals surface area (Å²) in [5.41, 5.74) is 0.865. The summed E-state index contributed by atoms with van der Waals surface area (Å²) >= 11 is 3.21. The number of hydrogen-bond donors (Lipinski definition) is 2. The molecule has 0 unspecified atom stereocenters. The molecule has 0 spiro atoms. The Morgan fingerprint density at radius 3 is 2.52 bits per heavy atom. The fraction of sp³-hybridized carbons (Fsp3) is 0.111. The van der Waals surface area contributed by atoms with Crippen LogP contribution in [-0.2, 0) is 4.79 Å². The molecule has 2 rings (SSSR count). The molecule has 0 atom stereocenters. The maximum absolute atomic E-state index is 12.1. The van der Waals surface area contributed by atoms with Crippen LogP contribution >= 0.6 is 15.9 Å². The molecule has 0 fully saturated rings. The Morgan fingerprint density at radius 2 is 1.88 bits per heavy atom. The van der Waals surface area contributed by atoms with E-state index in [1.54, 1.807) is 37.5 Å². The van der Waals surface area contributed by atoms with Crippen LogP contribution in [-0.4, -0.2) is 31.2 Å². The molecule has 0 radical (unpaired) electrons. The zero-order valence-corrected chi connectivity index (χ0v) is 15.2. The molecule has 0 saturated heterocycles. The number of carboxylic acid groups (broad SMARTS) is 1. The fourth-order valence-corrected chi connectivity index (χ4v) is 2.47. The molecule has 0 aromatic heterocycles. The van der Waals surface area contributed by atoms with Crippen molar-refractivity contribution in [3.63, 3.8) is 0 Å². The van der Waals surface area contributed by atoms with Crippen LogP contribution in [0.3, 0.4) is 0 Å². The van der Waals surface area contributed by atoms with Gasteiger partial charge in [-0.2, -0.15) is 0 Å². The van der Waals surface area contributed by atoms with Gasteiger partial charge < -0.3 is 19.9 Å². The molecule has 2 aromatic carbocycles. The molecule has 2 N–H and O–H groups in total. The van der Waals surface area contributed by atoms with Crippen LogP contribution in [0.15, 0.2) is 46.9 Å². The van der Waals surface area contributed by atoms with Gasteiger partial charge in [0.25, 0.3) is 0 Å². The monoisotopic (exact) mass is 405 g/mol. The number of benzene rings is 2. The van der Waals surface area contributed by atoms with Crippen molar-refractivity contribution < 1.29 is 24.2 Å². The normalized spacial score (nSPS) is 10.5. The highest BCUT2D eigenvalue weighted by molar-refractivity contribution is 9.10. The van der Waals surface area contributed by atoms with E-state index < -0.39 is 11.9 Å². The predicted molar refractivity (Wildman–Crippen MR) is 98.3 cm³/mol. The molecule has 0 aliphatic heterocycles. The first-order valence-corrected chi connectivity index (χ1v) is 7.98. The van der Waals surface area contributed by atoms with Gasteiger partial charge in [0.05, 0.1) is 25.5 Å². The molecular weight excluding hydrogens is 390 g/mol. The quantitative estimate of drug-likeness (QED) is 0.713. The summed E-state index contributed by atoms with van der Waals surface area (Å²) in [5.74, 6) is -0.383. The van der Waals surface area contributed by atoms with Crippen molar-refractivity contribution in [2.45, 2.75) is 0 Å². The standard InChI is InChI=1S/C18H16BrNO5/c1-24-13-5-7-16(25-2)11(9-13)3-8-17(21)20-15-6-4-12(19)10-14(15)18(22)23/h3-10H,1-2H3,(H,20,21)(H,22,23)/b8-3+. The third-order valence-electron chi connectivity index (χ3n) is 3.32. The van der Waals surface area contributed by atoms with Crippen LogP contribution in [0, 0.1) is 0 Å². The van der Waals surface area contributed by atoms with Crippen molar-refractivity contribution >= 4 is 39.6 Å². The molecule has 0 heterocycles. The minimum atomic E-state index is -1.13. The molecule has 25 heavy (non-hydrogen) atoms. The van der Waals surface area contributed by atoms with Gasteiger partial charge in [-0.15, -0.1) is 0 Å². The Labute approximate surface area is 153 Å². The molecule has 6 nitrogen and oxygen atoms in total. The lowest BCUT2D eigenvalue weighted by molar-refractivity contribution is -0.111. The average Bonchev–Trinajstić information content (AvgIpc) is 2.61. The molecule has 1 amide bonds. The Morgan fingerprint density at radius 1 is 1.12 bits per heavy atom. The largest absolute Gasteiger partial charge is 0.497 e. The highest BCUT2D eigenvalue weighted by Crippen LogP contribution is 2.25. The van der Waals surface area contributed by atoms with E-state index in [1.165, 1.54) is 25.3 Å². The number of halogens is 1. The number of aromatic carboxylic acids is 1. The fourth-order valence-electron chi connectivity index (χ4n) is 2.11. The topological polar surface area (TPSA) is 84.9 Å². The van der Waals surface area contributed by atoms with Gasteiger partial charge in [-0.05, 0) is 42.5 Å². The third kappa shape index (κ3) is 4.84. The summed E-state index contributed by atoms with van der Waals surface area (Å²) in [6.45, 7) is 0. The van der Waals surface area contributed by atoms with E-state index in [0.29, 0.717) is 21.5 Å². The summed E-state index contributed by atoms with van der Waals surface area (Å²) in [5, 5.41) is 11.8. The number of hydrogen-bond acceptors (Lipinski definition) is 4. The first-order chi connectivity index (χ1) is 11.9. The van der Waals surface area contributed by atoms with E-state index in [4.69, 9.17) is 9.47 Å². The maximum Gasteiger partial charge on any atom is 0.337 e. The summed E-state index contributed by atoms with van der Waals surface area (Å²) in [6.07, 6.45) is 2.86. The molecule has 130 valence electrons. The molecule has 0 saturated carbocycles. The number of nitrogens with one attached hydrogen (secondary N) is 1. The highest BCUT2D eigenvalue weighted by Gasteiger charge is 2.12. The van der Waals surface area contributed by atoms with Crippen molar-refractivity contribution in [3.05, 3.63) is 58.1 Å². The lowest BCUT2D eigenvalue weighted by atomic mass is 10.1. The van der Waals surface area contributed by atoms with Gasteiger partial charge in [-0.25, -0.2) is 4.79 Å². The molecule has 2 aromatic rings. The summed E-state index contributed by atoms with van der Waals surface area (Å²) < 4.78 is 11.0. The Balaban J connectivity index is 2.21. The van der Waals surface area contributed by atoms with Crippen LogP contribution < -0.4 is 14.8 Å². The number of amides is 1. The number of ether oxygens (including phenoxy) is 2. The summed E-state index contributed by atoms with van der Waals surface area (Å²) in [7, 11) is 3.07. The van der Waals surface area contributed by atoms with Gasteiger partial charge in [0, 0.05) is 16.1 Å². The Bertz CT molecular complexity index is 832. The molecule has 0 aliphatic carbocycles. The third-order valence-corrected chi connectivity index (χ3v) is 3.81. The van der Waals surface area contributed by atoms with Crippen LogP contribution in [0.1, 0.15) is 15.9 Å². The van der Waals surface area contributed by atoms with E-state index >= 15 is 0 Å². The molecular formula is C18H16BrNO5. The number of carbonyl (C=O) groups excluding carboxylic acids is 1. The van der Waals surface area contributed by atoms with E-state index in [0.717, 1.165) is 0 Å². The molecule has 7 heteroatoms. The van der Waals surface area contributed by atoms with Gasteiger partial charge in [-0.1, -0.05) is 15.9 Å². The minimum absolute atomic E-state index is 0.00455. The lowest BCUT2D eigenvalue weighted by Crippen LogP contribution is -2.12. The van der Waals surface area contributed by atoms with Gasteiger partial charge in [0.15, 0.2) is 0 Å². The predicted octanol–water partition coefficient (Wildman–Crippen LogP) is 3.82. The van der Waals surface area contributed by atoms with Gasteiger partial charge in [0.1, 0.15) is 11.5 Å². The number of rotatable bonds is 6. The van der Waals surface area contributed by atoms with E-state index in [2.05, 4.69) is 21.2 Å². The van der Waals surface area contributed by atoms with Crippen LogP contribution in [0.25, 0.3) is 6.08 Å². The van der Waals surface area contributed by atoms with Crippen molar-refractivity contribution in [3.8, 4) is 11.5 Å². The smallest absolute Gasteiger partial charge is 0.337 e. The lowest BCUT2D eigenvalue weighted by Gasteiger charge is -2.08. The van der Waals surface area contributed by atoms with Crippen molar-refractivity contribution in [2.75, 3.05) is 19.5 Å². The Hall–Kier alpha value is -2.80. The first-order valence-electron chi connectivity index (χ1n) is 7.18. The summed E-state index contributed by atoms with van der Waals surface area (Å²) in [4.78, 5) is 23.4. The molecule has 0 bridgehead atoms. The van der Waals surface area contributed by atoms with Gasteiger partial charge in [-0.3, -0.25) is 4.79 Å². The first kappa shape index (κ1) is 18.5. The maximum atomic E-state index is 12.1. The second-order valence-electron chi connectivity index (χ2n) is 4.93. The SMILES string of the molecule is COc1ccc(OC)c(/C=C/C(=O)Nc2ccc(Br)cc2C(=O)O)c1. The zero-order valence-electron chi connectivity index (χ0n) is 13.6. The van der Waals surface area contributed by atoms with Crippen LogP contribution in [0.2, 0.25) is 0 Å². The average molecular weight is 406 g/mol. The van der Waals surface area contributed by atoms with Crippen LogP contribution in [0.5, 0.6) is 11.5 Å².